The molecule has 334 valence electrons. The molecule has 2 unspecified atom stereocenters. The van der Waals surface area contributed by atoms with E-state index in [2.05, 4.69) is 238 Å². The van der Waals surface area contributed by atoms with Gasteiger partial charge in [-0.05, 0) is 123 Å². The molecule has 2 aliphatic heterocycles. The van der Waals surface area contributed by atoms with E-state index in [0.717, 1.165) is 6.04 Å². The predicted molar refractivity (Wildman–Crippen MR) is 308 cm³/mol. The van der Waals surface area contributed by atoms with Gasteiger partial charge in [0.1, 0.15) is 0 Å². The van der Waals surface area contributed by atoms with E-state index in [-0.39, 0.29) is 11.8 Å². The second-order valence-electron chi connectivity index (χ2n) is 21.0. The monoisotopic (exact) mass is 929 g/mol. The molecule has 3 aliphatic rings. The van der Waals surface area contributed by atoms with Crippen molar-refractivity contribution in [1.29, 1.82) is 0 Å². The molecule has 15 aromatic rings. The van der Waals surface area contributed by atoms with Crippen LogP contribution < -0.4 is 0 Å². The van der Waals surface area contributed by atoms with Crippen molar-refractivity contribution in [2.45, 2.75) is 18.9 Å². The fourth-order valence-electron chi connectivity index (χ4n) is 15.3. The van der Waals surface area contributed by atoms with Gasteiger partial charge in [-0.1, -0.05) is 201 Å². The van der Waals surface area contributed by atoms with Crippen LogP contribution in [-0.4, -0.2) is 21.3 Å². The molecule has 2 atom stereocenters. The Balaban J connectivity index is 1.12. The number of hydrogen-bond donors (Lipinski definition) is 0. The van der Waals surface area contributed by atoms with Crippen molar-refractivity contribution in [2.24, 2.45) is 5.92 Å². The van der Waals surface area contributed by atoms with Crippen molar-refractivity contribution in [3.63, 3.8) is 0 Å². The Labute approximate surface area is 414 Å². The van der Waals surface area contributed by atoms with Crippen molar-refractivity contribution >= 4 is 139 Å². The zero-order valence-electron chi connectivity index (χ0n) is 39.5. The Bertz CT molecular complexity index is 4900. The number of rotatable bonds is 0. The molecule has 0 amide bonds. The maximum Gasteiger partial charge on any atom is 0.394 e. The van der Waals surface area contributed by atoms with E-state index in [4.69, 9.17) is 0 Å². The van der Waals surface area contributed by atoms with Crippen LogP contribution in [-0.2, 0) is 0 Å². The lowest BCUT2D eigenvalue weighted by molar-refractivity contribution is 0.573. The Kier molecular flexibility index (Phi) is 6.97. The van der Waals surface area contributed by atoms with Gasteiger partial charge in [0.15, 0.2) is 0 Å². The van der Waals surface area contributed by atoms with Gasteiger partial charge in [-0.2, -0.15) is 0 Å². The van der Waals surface area contributed by atoms with Crippen molar-refractivity contribution < 1.29 is 0 Å². The number of aromatic nitrogens is 3. The maximum atomic E-state index is 3.02. The third kappa shape index (κ3) is 4.35. The van der Waals surface area contributed by atoms with Gasteiger partial charge in [-0.15, -0.1) is 0 Å². The molecule has 0 saturated carbocycles. The first-order valence-corrected chi connectivity index (χ1v) is 27.7. The van der Waals surface area contributed by atoms with Crippen LogP contribution in [0.15, 0.2) is 212 Å². The third-order valence-electron chi connectivity index (χ3n) is 18.0. The van der Waals surface area contributed by atoms with Crippen LogP contribution in [0.4, 0.5) is 0 Å². The van der Waals surface area contributed by atoms with Crippen LogP contribution in [0.3, 0.4) is 0 Å². The molecule has 0 N–H and O–H groups in total. The first-order valence-electron chi connectivity index (χ1n) is 25.7. The van der Waals surface area contributed by atoms with Crippen molar-refractivity contribution in [2.75, 3.05) is 0 Å². The number of nitrogens with zero attached hydrogens (tertiary/aromatic N) is 3. The average Bonchev–Trinajstić information content (AvgIpc) is 4.22. The summed E-state index contributed by atoms with van der Waals surface area (Å²) in [6.07, 6.45) is 2.66. The average molecular weight is 930 g/mol. The topological polar surface area (TPSA) is 14.8 Å². The fourth-order valence-corrected chi connectivity index (χ4v) is 21.1. The van der Waals surface area contributed by atoms with Crippen LogP contribution in [0.5, 0.6) is 0 Å². The highest BCUT2D eigenvalue weighted by molar-refractivity contribution is 6.81. The minimum absolute atomic E-state index is 0.218. The largest absolute Gasteiger partial charge is 0.394 e. The summed E-state index contributed by atoms with van der Waals surface area (Å²) in [6.45, 7) is 2.58. The molecule has 3 aromatic heterocycles. The van der Waals surface area contributed by atoms with Crippen molar-refractivity contribution in [3.8, 4) is 11.4 Å². The van der Waals surface area contributed by atoms with Crippen LogP contribution in [0, 0.1) is 5.92 Å². The second-order valence-corrected chi connectivity index (χ2v) is 24.3. The number of allylic oxidation sites excluding steroid dienone is 1. The molecule has 0 saturated heterocycles. The molecule has 1 aliphatic carbocycles. The molecule has 3 nitrogen and oxygen atoms in total. The SMILES string of the molecule is CC1c2c(c3ccccc3c3ccccc23)C=C2c3cc4c5ccccc5c5ccccc5c4n3[Si]3(CC21)n1c(cc2c4ccccc4c4ccccc4c21)-c1cc2c4ccccc4c4ccccc4c2n13. The normalized spacial score (nSPS) is 16.8. The maximum absolute atomic E-state index is 3.42. The van der Waals surface area contributed by atoms with Gasteiger partial charge in [0.25, 0.3) is 0 Å². The van der Waals surface area contributed by atoms with Crippen molar-refractivity contribution in [1.82, 2.24) is 12.7 Å². The number of hydrogen-bond acceptors (Lipinski definition) is 0. The first-order chi connectivity index (χ1) is 35.7. The lowest BCUT2D eigenvalue weighted by atomic mass is 9.72. The lowest BCUT2D eigenvalue weighted by Gasteiger charge is -2.46. The molecule has 0 bridgehead atoms. The molecule has 0 fully saturated rings. The minimum atomic E-state index is -3.42. The second kappa shape index (κ2) is 13.2. The number of benzene rings is 12. The van der Waals surface area contributed by atoms with Crippen LogP contribution in [0.2, 0.25) is 6.04 Å². The van der Waals surface area contributed by atoms with Gasteiger partial charge in [-0.3, -0.25) is 0 Å². The first kappa shape index (κ1) is 38.1. The van der Waals surface area contributed by atoms with E-state index in [0.29, 0.717) is 0 Å². The zero-order valence-corrected chi connectivity index (χ0v) is 40.5. The van der Waals surface area contributed by atoms with E-state index in [9.17, 15) is 0 Å². The summed E-state index contributed by atoms with van der Waals surface area (Å²) < 4.78 is 9.02. The number of fused-ring (bicyclic) bond motifs is 36. The van der Waals surface area contributed by atoms with Gasteiger partial charge in [0.2, 0.25) is 0 Å². The minimum Gasteiger partial charge on any atom is -0.332 e. The Morgan fingerprint density at radius 2 is 0.597 bits per heavy atom. The van der Waals surface area contributed by atoms with Gasteiger partial charge < -0.3 is 12.7 Å². The molecule has 12 aromatic carbocycles. The molecular formula is C68H43N3Si. The van der Waals surface area contributed by atoms with Gasteiger partial charge in [0.05, 0.1) is 27.9 Å². The highest BCUT2D eigenvalue weighted by atomic mass is 28.4. The predicted octanol–water partition coefficient (Wildman–Crippen LogP) is 17.9. The van der Waals surface area contributed by atoms with Crippen LogP contribution >= 0.6 is 0 Å². The van der Waals surface area contributed by atoms with Crippen LogP contribution in [0.25, 0.3) is 142 Å². The van der Waals surface area contributed by atoms with E-state index >= 15 is 0 Å². The summed E-state index contributed by atoms with van der Waals surface area (Å²) in [7, 11) is -3.42. The molecular weight excluding hydrogens is 887 g/mol. The smallest absolute Gasteiger partial charge is 0.332 e. The van der Waals surface area contributed by atoms with E-state index in [1.54, 1.807) is 0 Å². The Morgan fingerprint density at radius 1 is 0.319 bits per heavy atom. The molecule has 0 radical (unpaired) electrons. The highest BCUT2D eigenvalue weighted by Gasteiger charge is 2.59. The molecule has 1 spiro atoms. The van der Waals surface area contributed by atoms with Gasteiger partial charge in [-0.25, -0.2) is 0 Å². The third-order valence-corrected chi connectivity index (χ3v) is 22.5. The van der Waals surface area contributed by atoms with E-state index < -0.39 is 8.56 Å². The summed E-state index contributed by atoms with van der Waals surface area (Å²) in [5.41, 5.74) is 12.4. The lowest BCUT2D eigenvalue weighted by Crippen LogP contribution is -2.59. The molecule has 18 rings (SSSR count). The van der Waals surface area contributed by atoms with Crippen LogP contribution in [0.1, 0.15) is 29.7 Å². The van der Waals surface area contributed by atoms with Crippen molar-refractivity contribution in [3.05, 3.63) is 229 Å². The fraction of sp³-hybridized carbons (Fsp3) is 0.0588. The van der Waals surface area contributed by atoms with Gasteiger partial charge >= 0.3 is 8.56 Å². The summed E-state index contributed by atoms with van der Waals surface area (Å²) in [6, 6.07) is 82.6. The molecule has 72 heavy (non-hydrogen) atoms. The Hall–Kier alpha value is -8.70. The Morgan fingerprint density at radius 3 is 1.00 bits per heavy atom. The van der Waals surface area contributed by atoms with E-state index in [1.807, 2.05) is 0 Å². The summed E-state index contributed by atoms with van der Waals surface area (Å²) in [5.74, 6) is 0.445. The summed E-state index contributed by atoms with van der Waals surface area (Å²) in [4.78, 5) is 0. The standard InChI is InChI=1S/C68H43N3Si/c1-39-61-38-72(69-62(35-58-49-27-7-3-19-41(49)45-23-11-15-31-53(45)66(58)69)56(61)34-57-48-26-6-2-18-40(48)44-22-10-14-30-52(44)65(39)57)70-63(36-59-50-28-8-4-20-42(50)46-24-12-16-32-54(46)67(59)70)64-37-60-51-29-9-5-21-43(51)47-25-13-17-33-55(47)68(60)71(64)72/h2-37,39,61H,38H2,1H3. The molecule has 5 heterocycles. The zero-order chi connectivity index (χ0) is 46.7. The highest BCUT2D eigenvalue weighted by Crippen LogP contribution is 2.60. The van der Waals surface area contributed by atoms with E-state index in [1.165, 1.54) is 153 Å². The summed E-state index contributed by atoms with van der Waals surface area (Å²) in [5, 5.41) is 25.2. The molecule has 4 heteroatoms. The van der Waals surface area contributed by atoms with Gasteiger partial charge in [0, 0.05) is 44.1 Å². The quantitative estimate of drug-likeness (QED) is 0.106. The summed E-state index contributed by atoms with van der Waals surface area (Å²) >= 11 is 0.